The van der Waals surface area contributed by atoms with Crippen LogP contribution in [-0.2, 0) is 6.54 Å². The van der Waals surface area contributed by atoms with Gasteiger partial charge in [0, 0.05) is 25.0 Å². The minimum Gasteiger partial charge on any atom is -0.490 e. The van der Waals surface area contributed by atoms with Crippen molar-refractivity contribution in [2.24, 2.45) is 5.92 Å². The Balaban J connectivity index is 1.72. The normalized spacial score (nSPS) is 14.3. The van der Waals surface area contributed by atoms with Gasteiger partial charge in [-0.3, -0.25) is 0 Å². The molecule has 6 heteroatoms. The molecule has 0 fully saturated rings. The first-order chi connectivity index (χ1) is 13.4. The predicted octanol–water partition coefficient (Wildman–Crippen LogP) is 5.04. The molecule has 0 aromatic heterocycles. The number of carbonyl (C=O) groups excluding carboxylic acids is 1. The highest BCUT2D eigenvalue weighted by molar-refractivity contribution is 6.30. The molecule has 0 spiro atoms. The van der Waals surface area contributed by atoms with Crippen molar-refractivity contribution in [1.82, 2.24) is 10.2 Å². The molecular weight excluding hydrogens is 376 g/mol. The maximum absolute atomic E-state index is 12.8. The van der Waals surface area contributed by atoms with Crippen molar-refractivity contribution >= 4 is 17.6 Å². The summed E-state index contributed by atoms with van der Waals surface area (Å²) in [6, 6.07) is 13.2. The van der Waals surface area contributed by atoms with E-state index in [1.54, 1.807) is 11.9 Å². The van der Waals surface area contributed by atoms with Gasteiger partial charge in [0.2, 0.25) is 0 Å². The van der Waals surface area contributed by atoms with Crippen LogP contribution >= 0.6 is 11.6 Å². The molecule has 1 aliphatic heterocycles. The Morgan fingerprint density at radius 2 is 1.89 bits per heavy atom. The van der Waals surface area contributed by atoms with E-state index in [2.05, 4.69) is 19.2 Å². The number of nitrogens with zero attached hydrogens (tertiary/aromatic N) is 1. The van der Waals surface area contributed by atoms with E-state index < -0.39 is 0 Å². The van der Waals surface area contributed by atoms with E-state index in [-0.39, 0.29) is 18.0 Å². The zero-order valence-corrected chi connectivity index (χ0v) is 17.3. The zero-order valence-electron chi connectivity index (χ0n) is 16.6. The van der Waals surface area contributed by atoms with E-state index in [9.17, 15) is 4.79 Å². The fraction of sp³-hybridized carbons (Fsp3) is 0.409. The first-order valence-electron chi connectivity index (χ1n) is 9.59. The molecule has 1 heterocycles. The second kappa shape index (κ2) is 9.20. The van der Waals surface area contributed by atoms with Crippen LogP contribution in [0, 0.1) is 5.92 Å². The van der Waals surface area contributed by atoms with Gasteiger partial charge in [0.05, 0.1) is 19.3 Å². The summed E-state index contributed by atoms with van der Waals surface area (Å²) in [5.41, 5.74) is 1.99. The topological polar surface area (TPSA) is 50.8 Å². The molecule has 2 aromatic carbocycles. The van der Waals surface area contributed by atoms with E-state index in [0.717, 1.165) is 29.0 Å². The highest BCUT2D eigenvalue weighted by Gasteiger charge is 2.22. The summed E-state index contributed by atoms with van der Waals surface area (Å²) in [7, 11) is 1.78. The van der Waals surface area contributed by atoms with Crippen LogP contribution in [0.2, 0.25) is 5.02 Å². The number of benzene rings is 2. The number of fused-ring (bicyclic) bond motifs is 1. The van der Waals surface area contributed by atoms with E-state index in [1.807, 2.05) is 42.5 Å². The monoisotopic (exact) mass is 402 g/mol. The number of nitrogens with one attached hydrogen (secondary N) is 1. The van der Waals surface area contributed by atoms with Crippen molar-refractivity contribution in [2.45, 2.75) is 32.9 Å². The Kier molecular flexibility index (Phi) is 6.68. The minimum absolute atomic E-state index is 0.133. The molecule has 1 N–H and O–H groups in total. The van der Waals surface area contributed by atoms with Crippen molar-refractivity contribution in [2.75, 3.05) is 20.3 Å². The van der Waals surface area contributed by atoms with Crippen LogP contribution in [0.1, 0.15) is 37.4 Å². The SMILES string of the molecule is CC(C)C(NC(=O)N(C)Cc1cccc(Cl)c1)c1ccc2c(c1)OCCCO2. The van der Waals surface area contributed by atoms with Crippen molar-refractivity contribution in [1.29, 1.82) is 0 Å². The Bertz CT molecular complexity index is 825. The fourth-order valence-electron chi connectivity index (χ4n) is 3.23. The van der Waals surface area contributed by atoms with Gasteiger partial charge in [-0.1, -0.05) is 43.6 Å². The number of halogens is 1. The summed E-state index contributed by atoms with van der Waals surface area (Å²) in [6.07, 6.45) is 0.864. The lowest BCUT2D eigenvalue weighted by Crippen LogP contribution is -2.40. The van der Waals surface area contributed by atoms with Gasteiger partial charge in [-0.05, 0) is 41.3 Å². The first-order valence-corrected chi connectivity index (χ1v) is 9.97. The van der Waals surface area contributed by atoms with Gasteiger partial charge < -0.3 is 19.7 Å². The molecule has 2 amide bonds. The molecule has 150 valence electrons. The van der Waals surface area contributed by atoms with Crippen LogP contribution in [0.15, 0.2) is 42.5 Å². The molecule has 1 unspecified atom stereocenters. The zero-order chi connectivity index (χ0) is 20.1. The quantitative estimate of drug-likeness (QED) is 0.762. The van der Waals surface area contributed by atoms with E-state index >= 15 is 0 Å². The molecule has 5 nitrogen and oxygen atoms in total. The van der Waals surface area contributed by atoms with Crippen molar-refractivity contribution < 1.29 is 14.3 Å². The Hall–Kier alpha value is -2.40. The molecule has 1 atom stereocenters. The van der Waals surface area contributed by atoms with Crippen LogP contribution in [0.25, 0.3) is 0 Å². The second-order valence-electron chi connectivity index (χ2n) is 7.41. The molecule has 2 aromatic rings. The van der Waals surface area contributed by atoms with E-state index in [0.29, 0.717) is 24.8 Å². The molecular formula is C22H27ClN2O3. The average molecular weight is 403 g/mol. The highest BCUT2D eigenvalue weighted by Crippen LogP contribution is 2.34. The fourth-order valence-corrected chi connectivity index (χ4v) is 3.45. The summed E-state index contributed by atoms with van der Waals surface area (Å²) in [5.74, 6) is 1.71. The van der Waals surface area contributed by atoms with Gasteiger partial charge in [0.15, 0.2) is 11.5 Å². The Labute approximate surface area is 171 Å². The molecule has 28 heavy (non-hydrogen) atoms. The third-order valence-electron chi connectivity index (χ3n) is 4.73. The van der Waals surface area contributed by atoms with Gasteiger partial charge in [-0.25, -0.2) is 4.79 Å². The van der Waals surface area contributed by atoms with Crippen molar-refractivity contribution in [3.8, 4) is 11.5 Å². The Morgan fingerprint density at radius 3 is 2.61 bits per heavy atom. The molecule has 0 aliphatic carbocycles. The number of ether oxygens (including phenoxy) is 2. The van der Waals surface area contributed by atoms with Crippen LogP contribution in [0.4, 0.5) is 4.79 Å². The second-order valence-corrected chi connectivity index (χ2v) is 7.85. The molecule has 0 saturated carbocycles. The first kappa shape index (κ1) is 20.3. The summed E-state index contributed by atoms with van der Waals surface area (Å²) in [4.78, 5) is 14.4. The maximum Gasteiger partial charge on any atom is 0.317 e. The van der Waals surface area contributed by atoms with Crippen molar-refractivity contribution in [3.63, 3.8) is 0 Å². The van der Waals surface area contributed by atoms with Crippen LogP contribution in [0.3, 0.4) is 0 Å². The number of hydrogen-bond donors (Lipinski definition) is 1. The smallest absolute Gasteiger partial charge is 0.317 e. The van der Waals surface area contributed by atoms with Gasteiger partial charge in [-0.2, -0.15) is 0 Å². The molecule has 1 aliphatic rings. The minimum atomic E-state index is -0.134. The summed E-state index contributed by atoms with van der Waals surface area (Å²) in [5, 5.41) is 3.81. The van der Waals surface area contributed by atoms with Gasteiger partial charge in [0.1, 0.15) is 0 Å². The Morgan fingerprint density at radius 1 is 1.14 bits per heavy atom. The lowest BCUT2D eigenvalue weighted by molar-refractivity contribution is 0.198. The average Bonchev–Trinajstić information content (AvgIpc) is 2.90. The molecule has 0 bridgehead atoms. The van der Waals surface area contributed by atoms with Crippen molar-refractivity contribution in [3.05, 3.63) is 58.6 Å². The lowest BCUT2D eigenvalue weighted by Gasteiger charge is -2.27. The number of amides is 2. The van der Waals surface area contributed by atoms with Gasteiger partial charge in [-0.15, -0.1) is 0 Å². The largest absolute Gasteiger partial charge is 0.490 e. The third kappa shape index (κ3) is 5.10. The van der Waals surface area contributed by atoms with Crippen LogP contribution in [0.5, 0.6) is 11.5 Å². The summed E-state index contributed by atoms with van der Waals surface area (Å²) < 4.78 is 11.5. The number of carbonyl (C=O) groups is 1. The van der Waals surface area contributed by atoms with Crippen LogP contribution in [-0.4, -0.2) is 31.2 Å². The molecule has 0 radical (unpaired) electrons. The van der Waals surface area contributed by atoms with E-state index in [1.165, 1.54) is 0 Å². The molecule has 3 rings (SSSR count). The van der Waals surface area contributed by atoms with Gasteiger partial charge >= 0.3 is 6.03 Å². The number of urea groups is 1. The van der Waals surface area contributed by atoms with Gasteiger partial charge in [0.25, 0.3) is 0 Å². The molecule has 0 saturated heterocycles. The van der Waals surface area contributed by atoms with E-state index in [4.69, 9.17) is 21.1 Å². The summed E-state index contributed by atoms with van der Waals surface area (Å²) in [6.45, 7) is 5.96. The summed E-state index contributed by atoms with van der Waals surface area (Å²) >= 11 is 6.04. The lowest BCUT2D eigenvalue weighted by atomic mass is 9.95. The highest BCUT2D eigenvalue weighted by atomic mass is 35.5. The predicted molar refractivity (Wildman–Crippen MR) is 111 cm³/mol. The number of rotatable bonds is 5. The van der Waals surface area contributed by atoms with Crippen LogP contribution < -0.4 is 14.8 Å². The number of hydrogen-bond acceptors (Lipinski definition) is 3. The third-order valence-corrected chi connectivity index (χ3v) is 4.97. The maximum atomic E-state index is 12.8. The standard InChI is InChI=1S/C22H27ClN2O3/c1-15(2)21(17-8-9-19-20(13-17)28-11-5-10-27-19)24-22(26)25(3)14-16-6-4-7-18(23)12-16/h4,6-9,12-13,15,21H,5,10-11,14H2,1-3H3,(H,24,26).